The third-order valence-electron chi connectivity index (χ3n) is 2.11. The first-order valence-electron chi connectivity index (χ1n) is 4.82. The van der Waals surface area contributed by atoms with Gasteiger partial charge in [0, 0.05) is 4.47 Å². The average molecular weight is 398 g/mol. The minimum atomic E-state index is -4.20. The Morgan fingerprint density at radius 2 is 1.89 bits per heavy atom. The minimum Gasteiger partial charge on any atom is -0.325 e. The number of benzene rings is 1. The molecule has 0 amide bonds. The number of hydrogen-bond donors (Lipinski definition) is 2. The molecule has 108 valence electrons. The van der Waals surface area contributed by atoms with Crippen molar-refractivity contribution in [1.29, 1.82) is 0 Å². The van der Waals surface area contributed by atoms with E-state index in [9.17, 15) is 17.2 Å². The summed E-state index contributed by atoms with van der Waals surface area (Å²) in [5.41, 5.74) is 4.81. The number of sulfonamides is 1. The van der Waals surface area contributed by atoms with Gasteiger partial charge in [-0.1, -0.05) is 23.2 Å². The summed E-state index contributed by atoms with van der Waals surface area (Å²) in [5, 5.41) is -0.269. The molecule has 0 atom stereocenters. The van der Waals surface area contributed by atoms with Crippen LogP contribution < -0.4 is 10.5 Å². The summed E-state index contributed by atoms with van der Waals surface area (Å²) in [6, 6.07) is 2.51. The van der Waals surface area contributed by atoms with Crippen LogP contribution in [0.4, 0.5) is 8.78 Å². The predicted octanol–water partition coefficient (Wildman–Crippen LogP) is 2.63. The smallest absolute Gasteiger partial charge is 0.273 e. The van der Waals surface area contributed by atoms with Crippen molar-refractivity contribution in [2.24, 2.45) is 5.73 Å². The first kappa shape index (κ1) is 17.1. The van der Waals surface area contributed by atoms with Crippen molar-refractivity contribution in [1.82, 2.24) is 4.72 Å². The lowest BCUT2D eigenvalue weighted by Crippen LogP contribution is -2.41. The fourth-order valence-electron chi connectivity index (χ4n) is 1.07. The van der Waals surface area contributed by atoms with Crippen LogP contribution in [0, 0.1) is 0 Å². The summed E-state index contributed by atoms with van der Waals surface area (Å²) in [6.45, 7) is -2.08. The van der Waals surface area contributed by atoms with Gasteiger partial charge in [-0.25, -0.2) is 21.9 Å². The van der Waals surface area contributed by atoms with Gasteiger partial charge in [0.2, 0.25) is 10.0 Å². The first-order valence-corrected chi connectivity index (χ1v) is 7.85. The number of alkyl halides is 2. The average Bonchev–Trinajstić information content (AvgIpc) is 2.34. The van der Waals surface area contributed by atoms with Crippen LogP contribution in [0.2, 0.25) is 10.0 Å². The maximum atomic E-state index is 12.9. The van der Waals surface area contributed by atoms with E-state index in [1.165, 1.54) is 6.07 Å². The van der Waals surface area contributed by atoms with Crippen molar-refractivity contribution in [2.75, 3.05) is 13.1 Å². The lowest BCUT2D eigenvalue weighted by Gasteiger charge is -2.15. The van der Waals surface area contributed by atoms with E-state index < -0.39 is 29.0 Å². The molecule has 0 aliphatic heterocycles. The second-order valence-electron chi connectivity index (χ2n) is 3.56. The molecule has 0 aromatic heterocycles. The van der Waals surface area contributed by atoms with Gasteiger partial charge in [-0.2, -0.15) is 0 Å². The van der Waals surface area contributed by atoms with Gasteiger partial charge >= 0.3 is 0 Å². The fourth-order valence-corrected chi connectivity index (χ4v) is 3.34. The zero-order chi connectivity index (χ0) is 14.8. The number of halogens is 5. The summed E-state index contributed by atoms with van der Waals surface area (Å²) in [6.07, 6.45) is 0. The van der Waals surface area contributed by atoms with Crippen LogP contribution in [0.5, 0.6) is 0 Å². The molecule has 1 rings (SSSR count). The fraction of sp³-hybridized carbons (Fsp3) is 0.333. The molecule has 3 N–H and O–H groups in total. The van der Waals surface area contributed by atoms with Crippen LogP contribution >= 0.6 is 39.1 Å². The molecule has 0 aliphatic carbocycles. The zero-order valence-corrected chi connectivity index (χ0v) is 13.2. The second-order valence-corrected chi connectivity index (χ2v) is 6.90. The zero-order valence-electron chi connectivity index (χ0n) is 9.26. The Kier molecular flexibility index (Phi) is 5.56. The Labute approximate surface area is 127 Å². The monoisotopic (exact) mass is 396 g/mol. The van der Waals surface area contributed by atoms with Crippen LogP contribution in [0.15, 0.2) is 21.5 Å². The summed E-state index contributed by atoms with van der Waals surface area (Å²) in [7, 11) is -4.20. The molecule has 0 saturated heterocycles. The summed E-state index contributed by atoms with van der Waals surface area (Å²) >= 11 is 14.6. The van der Waals surface area contributed by atoms with Crippen molar-refractivity contribution in [3.05, 3.63) is 26.7 Å². The molecule has 4 nitrogen and oxygen atoms in total. The highest BCUT2D eigenvalue weighted by molar-refractivity contribution is 9.10. The Morgan fingerprint density at radius 3 is 2.42 bits per heavy atom. The third-order valence-corrected chi connectivity index (χ3v) is 5.44. The van der Waals surface area contributed by atoms with E-state index >= 15 is 0 Å². The highest BCUT2D eigenvalue weighted by Crippen LogP contribution is 2.35. The van der Waals surface area contributed by atoms with Gasteiger partial charge in [0.1, 0.15) is 4.90 Å². The van der Waals surface area contributed by atoms with Crippen LogP contribution in [0.3, 0.4) is 0 Å². The molecule has 0 aliphatic rings. The Morgan fingerprint density at radius 1 is 1.32 bits per heavy atom. The molecule has 0 unspecified atom stereocenters. The molecule has 0 bridgehead atoms. The molecule has 10 heteroatoms. The minimum absolute atomic E-state index is 0.0184. The van der Waals surface area contributed by atoms with E-state index in [4.69, 9.17) is 28.9 Å². The normalized spacial score (nSPS) is 12.7. The maximum absolute atomic E-state index is 12.9. The maximum Gasteiger partial charge on any atom is 0.273 e. The van der Waals surface area contributed by atoms with Gasteiger partial charge in [0.05, 0.1) is 23.1 Å². The number of hydrogen-bond acceptors (Lipinski definition) is 3. The predicted molar refractivity (Wildman–Crippen MR) is 73.4 cm³/mol. The molecule has 19 heavy (non-hydrogen) atoms. The van der Waals surface area contributed by atoms with Crippen LogP contribution in [0.1, 0.15) is 0 Å². The van der Waals surface area contributed by atoms with Crippen molar-refractivity contribution < 1.29 is 17.2 Å². The van der Waals surface area contributed by atoms with E-state index in [1.54, 1.807) is 4.72 Å². The summed E-state index contributed by atoms with van der Waals surface area (Å²) < 4.78 is 51.7. The second kappa shape index (κ2) is 6.19. The summed E-state index contributed by atoms with van der Waals surface area (Å²) in [5.74, 6) is -3.33. The number of rotatable bonds is 5. The lowest BCUT2D eigenvalue weighted by molar-refractivity contribution is 0.0170. The molecular weight excluding hydrogens is 389 g/mol. The largest absolute Gasteiger partial charge is 0.325 e. The Balaban J connectivity index is 3.06. The third kappa shape index (κ3) is 4.24. The quantitative estimate of drug-likeness (QED) is 0.750. The molecule has 0 spiro atoms. The molecule has 0 heterocycles. The van der Waals surface area contributed by atoms with Gasteiger partial charge in [-0.3, -0.25) is 0 Å². The van der Waals surface area contributed by atoms with Crippen LogP contribution in [-0.2, 0) is 10.0 Å². The molecule has 1 aromatic carbocycles. The van der Waals surface area contributed by atoms with Crippen molar-refractivity contribution in [3.63, 3.8) is 0 Å². The molecule has 0 fully saturated rings. The van der Waals surface area contributed by atoms with E-state index in [2.05, 4.69) is 15.9 Å². The highest BCUT2D eigenvalue weighted by Gasteiger charge is 2.30. The lowest BCUT2D eigenvalue weighted by atomic mass is 10.3. The molecule has 0 saturated carbocycles. The topological polar surface area (TPSA) is 72.2 Å². The van der Waals surface area contributed by atoms with Crippen molar-refractivity contribution in [2.45, 2.75) is 10.8 Å². The van der Waals surface area contributed by atoms with E-state index in [-0.39, 0.29) is 14.9 Å². The Hall–Kier alpha value is 0.01000. The van der Waals surface area contributed by atoms with E-state index in [1.807, 2.05) is 0 Å². The van der Waals surface area contributed by atoms with Gasteiger partial charge in [-0.15, -0.1) is 0 Å². The van der Waals surface area contributed by atoms with Gasteiger partial charge in [0.25, 0.3) is 5.92 Å². The van der Waals surface area contributed by atoms with Gasteiger partial charge in [0.15, 0.2) is 0 Å². The SMILES string of the molecule is NCC(F)(F)CNS(=O)(=O)c1ccc(Br)c(Cl)c1Cl. The highest BCUT2D eigenvalue weighted by atomic mass is 79.9. The van der Waals surface area contributed by atoms with E-state index in [0.29, 0.717) is 4.47 Å². The van der Waals surface area contributed by atoms with Crippen molar-refractivity contribution >= 4 is 49.2 Å². The van der Waals surface area contributed by atoms with Gasteiger partial charge < -0.3 is 5.73 Å². The van der Waals surface area contributed by atoms with E-state index in [0.717, 1.165) is 6.07 Å². The molecule has 1 aromatic rings. The first-order chi connectivity index (χ1) is 8.60. The van der Waals surface area contributed by atoms with Gasteiger partial charge in [-0.05, 0) is 28.1 Å². The molecule has 0 radical (unpaired) electrons. The van der Waals surface area contributed by atoms with Crippen LogP contribution in [-0.4, -0.2) is 27.4 Å². The molecular formula is C9H9BrCl2F2N2O2S. The Bertz CT molecular complexity index is 584. The number of nitrogens with one attached hydrogen (secondary N) is 1. The van der Waals surface area contributed by atoms with Crippen LogP contribution in [0.25, 0.3) is 0 Å². The number of nitrogens with two attached hydrogens (primary N) is 1. The van der Waals surface area contributed by atoms with Crippen molar-refractivity contribution in [3.8, 4) is 0 Å². The standard InChI is InChI=1S/C9H9BrCl2F2N2O2S/c10-5-1-2-6(8(12)7(5)11)19(17,18)16-4-9(13,14)3-15/h1-2,16H,3-4,15H2. The summed E-state index contributed by atoms with van der Waals surface area (Å²) in [4.78, 5) is -0.379.